The first-order chi connectivity index (χ1) is 7.59. The first-order valence-corrected chi connectivity index (χ1v) is 7.57. The predicted molar refractivity (Wildman–Crippen MR) is 78.7 cm³/mol. The molecular formula is C13H12Br2S. The largest absolute Gasteiger partial charge is 0.144 e. The van der Waals surface area contributed by atoms with Gasteiger partial charge in [-0.2, -0.15) is 0 Å². The summed E-state index contributed by atoms with van der Waals surface area (Å²) in [6, 6.07) is 10.7. The van der Waals surface area contributed by atoms with Crippen molar-refractivity contribution in [3.05, 3.63) is 55.7 Å². The normalized spacial score (nSPS) is 12.8. The van der Waals surface area contributed by atoms with Crippen LogP contribution < -0.4 is 0 Å². The van der Waals surface area contributed by atoms with Crippen molar-refractivity contribution >= 4 is 43.2 Å². The molecule has 0 aliphatic rings. The molecule has 0 spiro atoms. The number of aryl methyl sites for hydroxylation is 1. The Morgan fingerprint density at radius 2 is 1.88 bits per heavy atom. The van der Waals surface area contributed by atoms with Crippen molar-refractivity contribution in [3.63, 3.8) is 0 Å². The summed E-state index contributed by atoms with van der Waals surface area (Å²) >= 11 is 9.20. The smallest absolute Gasteiger partial charge is 0.0741 e. The molecular weight excluding hydrogens is 348 g/mol. The van der Waals surface area contributed by atoms with Crippen LogP contribution in [-0.4, -0.2) is 0 Å². The summed E-state index contributed by atoms with van der Waals surface area (Å²) in [5.41, 5.74) is 2.63. The molecule has 3 heteroatoms. The minimum atomic E-state index is 0.295. The van der Waals surface area contributed by atoms with Gasteiger partial charge in [0.05, 0.1) is 4.83 Å². The second-order valence-electron chi connectivity index (χ2n) is 3.77. The molecule has 1 aromatic heterocycles. The Morgan fingerprint density at radius 1 is 1.12 bits per heavy atom. The van der Waals surface area contributed by atoms with Gasteiger partial charge in [-0.25, -0.2) is 0 Å². The molecule has 1 unspecified atom stereocenters. The first-order valence-electron chi connectivity index (χ1n) is 5.05. The maximum atomic E-state index is 3.78. The number of benzene rings is 1. The zero-order valence-corrected chi connectivity index (χ0v) is 13.1. The van der Waals surface area contributed by atoms with E-state index in [1.54, 1.807) is 0 Å². The Labute approximate surface area is 117 Å². The van der Waals surface area contributed by atoms with Crippen molar-refractivity contribution in [2.45, 2.75) is 18.7 Å². The van der Waals surface area contributed by atoms with E-state index in [9.17, 15) is 0 Å². The van der Waals surface area contributed by atoms with Crippen molar-refractivity contribution in [2.24, 2.45) is 0 Å². The SMILES string of the molecule is Cc1ccc(C(Br)c2cccc(Br)c2C)s1. The van der Waals surface area contributed by atoms with E-state index in [2.05, 4.69) is 76.0 Å². The van der Waals surface area contributed by atoms with E-state index in [0.29, 0.717) is 4.83 Å². The molecule has 0 N–H and O–H groups in total. The van der Waals surface area contributed by atoms with E-state index < -0.39 is 0 Å². The number of halogens is 2. The van der Waals surface area contributed by atoms with E-state index in [1.165, 1.54) is 25.4 Å². The van der Waals surface area contributed by atoms with E-state index in [-0.39, 0.29) is 0 Å². The summed E-state index contributed by atoms with van der Waals surface area (Å²) in [4.78, 5) is 3.01. The number of alkyl halides is 1. The summed E-state index contributed by atoms with van der Waals surface area (Å²) in [5, 5.41) is 0. The molecule has 0 saturated heterocycles. The van der Waals surface area contributed by atoms with Crippen LogP contribution >= 0.6 is 43.2 Å². The highest BCUT2D eigenvalue weighted by Gasteiger charge is 2.15. The van der Waals surface area contributed by atoms with Crippen LogP contribution in [0.4, 0.5) is 0 Å². The van der Waals surface area contributed by atoms with Crippen LogP contribution in [-0.2, 0) is 0 Å². The third kappa shape index (κ3) is 2.41. The van der Waals surface area contributed by atoms with Crippen LogP contribution in [0.2, 0.25) is 0 Å². The second-order valence-corrected chi connectivity index (χ2v) is 6.85. The molecule has 0 amide bonds. The highest BCUT2D eigenvalue weighted by atomic mass is 79.9. The molecule has 0 nitrogen and oxygen atoms in total. The number of hydrogen-bond donors (Lipinski definition) is 0. The van der Waals surface area contributed by atoms with Gasteiger partial charge in [0.2, 0.25) is 0 Å². The van der Waals surface area contributed by atoms with E-state index in [0.717, 1.165) is 0 Å². The van der Waals surface area contributed by atoms with Gasteiger partial charge in [-0.05, 0) is 43.2 Å². The topological polar surface area (TPSA) is 0 Å². The lowest BCUT2D eigenvalue weighted by Crippen LogP contribution is -1.93. The third-order valence-corrected chi connectivity index (χ3v) is 5.81. The molecule has 2 aromatic rings. The van der Waals surface area contributed by atoms with Crippen LogP contribution in [0.5, 0.6) is 0 Å². The summed E-state index contributed by atoms with van der Waals surface area (Å²) in [7, 11) is 0. The van der Waals surface area contributed by atoms with Gasteiger partial charge in [0.25, 0.3) is 0 Å². The summed E-state index contributed by atoms with van der Waals surface area (Å²) < 4.78 is 1.17. The average Bonchev–Trinajstić information content (AvgIpc) is 2.68. The van der Waals surface area contributed by atoms with Crippen LogP contribution in [0.25, 0.3) is 0 Å². The van der Waals surface area contributed by atoms with Crippen molar-refractivity contribution in [3.8, 4) is 0 Å². The monoisotopic (exact) mass is 358 g/mol. The van der Waals surface area contributed by atoms with Gasteiger partial charge >= 0.3 is 0 Å². The zero-order valence-electron chi connectivity index (χ0n) is 9.13. The minimum Gasteiger partial charge on any atom is -0.144 e. The molecule has 2 rings (SSSR count). The standard InChI is InChI=1S/C13H12Br2S/c1-8-6-7-12(16-8)13(15)10-4-3-5-11(14)9(10)2/h3-7,13H,1-2H3. The maximum absolute atomic E-state index is 3.78. The number of hydrogen-bond acceptors (Lipinski definition) is 1. The molecule has 1 aromatic carbocycles. The van der Waals surface area contributed by atoms with Gasteiger partial charge in [-0.1, -0.05) is 44.0 Å². The van der Waals surface area contributed by atoms with Crippen molar-refractivity contribution in [2.75, 3.05) is 0 Å². The van der Waals surface area contributed by atoms with Crippen LogP contribution in [0.15, 0.2) is 34.8 Å². The Kier molecular flexibility index (Phi) is 3.88. The summed E-state index contributed by atoms with van der Waals surface area (Å²) in [6.45, 7) is 4.29. The molecule has 0 bridgehead atoms. The van der Waals surface area contributed by atoms with Gasteiger partial charge in [-0.3, -0.25) is 0 Å². The van der Waals surface area contributed by atoms with Gasteiger partial charge in [0.1, 0.15) is 0 Å². The van der Waals surface area contributed by atoms with Gasteiger partial charge in [0.15, 0.2) is 0 Å². The Bertz CT molecular complexity index is 502. The van der Waals surface area contributed by atoms with Crippen LogP contribution in [0, 0.1) is 13.8 Å². The van der Waals surface area contributed by atoms with Gasteiger partial charge in [-0.15, -0.1) is 11.3 Å². The molecule has 84 valence electrons. The Hall–Kier alpha value is -0.120. The van der Waals surface area contributed by atoms with E-state index in [1.807, 2.05) is 11.3 Å². The highest BCUT2D eigenvalue weighted by molar-refractivity contribution is 9.10. The number of rotatable bonds is 2. The lowest BCUT2D eigenvalue weighted by atomic mass is 10.1. The molecule has 0 saturated carbocycles. The third-order valence-electron chi connectivity index (χ3n) is 2.59. The fourth-order valence-corrected chi connectivity index (χ4v) is 3.83. The molecule has 0 radical (unpaired) electrons. The predicted octanol–water partition coefficient (Wildman–Crippen LogP) is 5.61. The summed E-state index contributed by atoms with van der Waals surface area (Å²) in [5.74, 6) is 0. The zero-order chi connectivity index (χ0) is 11.7. The Balaban J connectivity index is 2.41. The van der Waals surface area contributed by atoms with Crippen molar-refractivity contribution < 1.29 is 0 Å². The first kappa shape index (κ1) is 12.3. The fourth-order valence-electron chi connectivity index (χ4n) is 1.64. The number of thiophene rings is 1. The minimum absolute atomic E-state index is 0.295. The van der Waals surface area contributed by atoms with E-state index >= 15 is 0 Å². The highest BCUT2D eigenvalue weighted by Crippen LogP contribution is 2.38. The van der Waals surface area contributed by atoms with Crippen LogP contribution in [0.1, 0.15) is 25.7 Å². The van der Waals surface area contributed by atoms with Crippen LogP contribution in [0.3, 0.4) is 0 Å². The van der Waals surface area contributed by atoms with Crippen molar-refractivity contribution in [1.82, 2.24) is 0 Å². The average molecular weight is 360 g/mol. The fraction of sp³-hybridized carbons (Fsp3) is 0.231. The molecule has 0 aliphatic heterocycles. The lowest BCUT2D eigenvalue weighted by Gasteiger charge is -2.12. The molecule has 1 heterocycles. The second kappa shape index (κ2) is 5.03. The molecule has 0 aliphatic carbocycles. The molecule has 0 fully saturated rings. The molecule has 1 atom stereocenters. The maximum Gasteiger partial charge on any atom is 0.0741 e. The van der Waals surface area contributed by atoms with Gasteiger partial charge in [0, 0.05) is 14.2 Å². The quantitative estimate of drug-likeness (QED) is 0.611. The lowest BCUT2D eigenvalue weighted by molar-refractivity contribution is 1.17. The summed E-state index contributed by atoms with van der Waals surface area (Å²) in [6.07, 6.45) is 0. The van der Waals surface area contributed by atoms with Crippen molar-refractivity contribution in [1.29, 1.82) is 0 Å². The van der Waals surface area contributed by atoms with E-state index in [4.69, 9.17) is 0 Å². The van der Waals surface area contributed by atoms with Gasteiger partial charge < -0.3 is 0 Å². The Morgan fingerprint density at radius 3 is 2.50 bits per heavy atom. The molecule has 16 heavy (non-hydrogen) atoms.